The van der Waals surface area contributed by atoms with Crippen LogP contribution < -0.4 is 0 Å². The fourth-order valence-electron chi connectivity index (χ4n) is 3.84. The number of aliphatic carboxylic acids is 2. The molecule has 10 heteroatoms. The van der Waals surface area contributed by atoms with Gasteiger partial charge in [-0.1, -0.05) is 51.2 Å². The van der Waals surface area contributed by atoms with Crippen LogP contribution in [0, 0.1) is 11.8 Å². The van der Waals surface area contributed by atoms with E-state index in [1.807, 2.05) is 27.7 Å². The average Bonchev–Trinajstić information content (AvgIpc) is 2.92. The highest BCUT2D eigenvalue weighted by Crippen LogP contribution is 2.63. The van der Waals surface area contributed by atoms with E-state index in [1.165, 1.54) is 13.8 Å². The number of amides is 2. The van der Waals surface area contributed by atoms with Crippen molar-refractivity contribution in [1.82, 2.24) is 9.80 Å². The fraction of sp³-hybridized carbons (Fsp3) is 0.667. The number of hydrogen-bond acceptors (Lipinski definition) is 6. The minimum absolute atomic E-state index is 0.0550. The van der Waals surface area contributed by atoms with Gasteiger partial charge in [0.25, 0.3) is 0 Å². The van der Waals surface area contributed by atoms with Crippen molar-refractivity contribution in [2.75, 3.05) is 6.54 Å². The number of piperazine rings is 1. The maximum Gasteiger partial charge on any atom is 0.344 e. The van der Waals surface area contributed by atoms with E-state index in [1.54, 1.807) is 9.80 Å². The van der Waals surface area contributed by atoms with Crippen molar-refractivity contribution in [1.29, 1.82) is 0 Å². The molecule has 3 atom stereocenters. The lowest BCUT2D eigenvalue weighted by Crippen LogP contribution is -2.72. The summed E-state index contributed by atoms with van der Waals surface area (Å²) in [6.45, 7) is 11.0. The summed E-state index contributed by atoms with van der Waals surface area (Å²) >= 11 is 2.14. The van der Waals surface area contributed by atoms with Crippen LogP contribution in [0.4, 0.5) is 0 Å². The van der Waals surface area contributed by atoms with Crippen molar-refractivity contribution in [3.63, 3.8) is 0 Å². The second-order valence-corrected chi connectivity index (χ2v) is 10.2. The van der Waals surface area contributed by atoms with Gasteiger partial charge in [-0.3, -0.25) is 9.59 Å². The van der Waals surface area contributed by atoms with Gasteiger partial charge >= 0.3 is 11.9 Å². The van der Waals surface area contributed by atoms with Crippen molar-refractivity contribution in [2.24, 2.45) is 11.8 Å². The number of carboxylic acid groups (broad SMARTS) is 2. The molecule has 3 unspecified atom stereocenters. The molecule has 2 heterocycles. The third-order valence-corrected chi connectivity index (χ3v) is 8.73. The summed E-state index contributed by atoms with van der Waals surface area (Å²) in [5.74, 6) is -3.55. The fourth-order valence-corrected chi connectivity index (χ4v) is 7.81. The number of hydrogen-bond donors (Lipinski definition) is 2. The van der Waals surface area contributed by atoms with Crippen LogP contribution in [-0.2, 0) is 19.2 Å². The molecule has 0 bridgehead atoms. The maximum absolute atomic E-state index is 12.7. The van der Waals surface area contributed by atoms with Crippen LogP contribution in [0.15, 0.2) is 9.81 Å². The van der Waals surface area contributed by atoms with Gasteiger partial charge in [0.1, 0.15) is 10.2 Å². The van der Waals surface area contributed by atoms with Crippen LogP contribution in [0.3, 0.4) is 0 Å². The Kier molecular flexibility index (Phi) is 6.44. The highest BCUT2D eigenvalue weighted by atomic mass is 32.2. The van der Waals surface area contributed by atoms with Gasteiger partial charge in [0, 0.05) is 20.4 Å². The number of carboxylic acids is 2. The van der Waals surface area contributed by atoms with Crippen molar-refractivity contribution in [2.45, 2.75) is 57.8 Å². The van der Waals surface area contributed by atoms with Gasteiger partial charge in [0.2, 0.25) is 11.8 Å². The Morgan fingerprint density at radius 2 is 1.57 bits per heavy atom. The highest BCUT2D eigenvalue weighted by Gasteiger charge is 2.62. The third kappa shape index (κ3) is 3.52. The number of nitrogens with zero attached hydrogens (tertiary/aromatic N) is 2. The summed E-state index contributed by atoms with van der Waals surface area (Å²) in [4.78, 5) is 50.8. The second-order valence-electron chi connectivity index (χ2n) is 7.62. The first-order valence-electron chi connectivity index (χ1n) is 8.99. The zero-order valence-electron chi connectivity index (χ0n) is 16.8. The van der Waals surface area contributed by atoms with Crippen molar-refractivity contribution >= 4 is 47.3 Å². The van der Waals surface area contributed by atoms with Gasteiger partial charge in [-0.25, -0.2) is 9.59 Å². The molecule has 2 aliphatic rings. The number of carbonyl (C=O) groups excluding carboxylic acids is 2. The lowest BCUT2D eigenvalue weighted by molar-refractivity contribution is -0.152. The van der Waals surface area contributed by atoms with Crippen molar-refractivity contribution < 1.29 is 29.4 Å². The Hall–Kier alpha value is -1.68. The summed E-state index contributed by atoms with van der Waals surface area (Å²) in [6, 6.07) is -0.259. The lowest BCUT2D eigenvalue weighted by Gasteiger charge is -2.57. The first-order chi connectivity index (χ1) is 12.9. The van der Waals surface area contributed by atoms with Crippen LogP contribution >= 0.6 is 23.5 Å². The smallest absolute Gasteiger partial charge is 0.344 e. The summed E-state index contributed by atoms with van der Waals surface area (Å²) in [7, 11) is 0. The molecule has 0 aliphatic carbocycles. The molecular formula is C18H26N2O6S2. The van der Waals surface area contributed by atoms with Gasteiger partial charge < -0.3 is 20.0 Å². The SMILES string of the molecule is CC(=O)N1CC(C(C)C)N(C(C)=O)C2(C(C)C)SC(=C(C(=O)O)C(=O)O)SC12. The molecule has 28 heavy (non-hydrogen) atoms. The molecule has 2 rings (SSSR count). The summed E-state index contributed by atoms with van der Waals surface area (Å²) in [5.41, 5.74) is -0.725. The maximum atomic E-state index is 12.7. The van der Waals surface area contributed by atoms with E-state index < -0.39 is 27.8 Å². The number of thioether (sulfide) groups is 2. The Balaban J connectivity index is 2.78. The van der Waals surface area contributed by atoms with Crippen LogP contribution in [0.25, 0.3) is 0 Å². The predicted molar refractivity (Wildman–Crippen MR) is 107 cm³/mol. The Morgan fingerprint density at radius 3 is 1.93 bits per heavy atom. The Labute approximate surface area is 172 Å². The molecule has 0 saturated carbocycles. The van der Waals surface area contributed by atoms with Gasteiger partial charge in [0.15, 0.2) is 5.57 Å². The molecule has 2 fully saturated rings. The highest BCUT2D eigenvalue weighted by molar-refractivity contribution is 8.26. The standard InChI is InChI=1S/C18H26N2O6S2/c1-8(2)12-7-19(10(5)21)17-18(9(3)4,20(12)11(6)22)28-16(27-17)13(14(23)24)15(25)26/h8-9,12,17H,7H2,1-6H3,(H,23,24)(H,25,26). The minimum atomic E-state index is -1.54. The summed E-state index contributed by atoms with van der Waals surface area (Å²) in [6.07, 6.45) is 0. The zero-order valence-corrected chi connectivity index (χ0v) is 18.4. The predicted octanol–water partition coefficient (Wildman–Crippen LogP) is 2.26. The van der Waals surface area contributed by atoms with Gasteiger partial charge in [-0.2, -0.15) is 0 Å². The Morgan fingerprint density at radius 1 is 1.04 bits per heavy atom. The van der Waals surface area contributed by atoms with Gasteiger partial charge in [0.05, 0.1) is 10.3 Å². The van der Waals surface area contributed by atoms with Crippen LogP contribution in [0.1, 0.15) is 41.5 Å². The topological polar surface area (TPSA) is 115 Å². The molecule has 2 amide bonds. The largest absolute Gasteiger partial charge is 0.477 e. The first-order valence-corrected chi connectivity index (χ1v) is 10.7. The molecule has 2 aliphatic heterocycles. The molecule has 0 spiro atoms. The second kappa shape index (κ2) is 7.98. The quantitative estimate of drug-likeness (QED) is 0.396. The van der Waals surface area contributed by atoms with Crippen molar-refractivity contribution in [3.05, 3.63) is 9.81 Å². The van der Waals surface area contributed by atoms with E-state index in [0.29, 0.717) is 6.54 Å². The zero-order chi connectivity index (χ0) is 21.5. The number of carbonyl (C=O) groups is 4. The van der Waals surface area contributed by atoms with Crippen LogP contribution in [0.2, 0.25) is 0 Å². The lowest BCUT2D eigenvalue weighted by atomic mass is 9.90. The molecule has 8 nitrogen and oxygen atoms in total. The van der Waals surface area contributed by atoms with E-state index in [2.05, 4.69) is 0 Å². The first kappa shape index (κ1) is 22.6. The van der Waals surface area contributed by atoms with E-state index in [9.17, 15) is 29.4 Å². The monoisotopic (exact) mass is 430 g/mol. The normalized spacial score (nSPS) is 27.2. The van der Waals surface area contributed by atoms with Crippen molar-refractivity contribution in [3.8, 4) is 0 Å². The third-order valence-electron chi connectivity index (χ3n) is 5.18. The van der Waals surface area contributed by atoms with E-state index in [4.69, 9.17) is 0 Å². The number of rotatable bonds is 4. The minimum Gasteiger partial charge on any atom is -0.477 e. The molecule has 0 aromatic heterocycles. The molecule has 2 N–H and O–H groups in total. The van der Waals surface area contributed by atoms with Gasteiger partial charge in [-0.15, -0.1) is 0 Å². The summed E-state index contributed by atoms with van der Waals surface area (Å²) < 4.78 is 0.112. The summed E-state index contributed by atoms with van der Waals surface area (Å²) in [5, 5.41) is 18.3. The number of fused-ring (bicyclic) bond motifs is 1. The van der Waals surface area contributed by atoms with E-state index >= 15 is 0 Å². The van der Waals surface area contributed by atoms with Crippen LogP contribution in [0.5, 0.6) is 0 Å². The Bertz CT molecular complexity index is 734. The molecule has 0 aromatic carbocycles. The molecule has 156 valence electrons. The molecule has 0 aromatic rings. The van der Waals surface area contributed by atoms with Gasteiger partial charge in [-0.05, 0) is 11.8 Å². The van der Waals surface area contributed by atoms with E-state index in [-0.39, 0.29) is 33.9 Å². The van der Waals surface area contributed by atoms with E-state index in [0.717, 1.165) is 23.5 Å². The van der Waals surface area contributed by atoms with Crippen LogP contribution in [-0.4, -0.2) is 66.6 Å². The molecule has 0 radical (unpaired) electrons. The average molecular weight is 431 g/mol. The molecular weight excluding hydrogens is 404 g/mol. The molecule has 2 saturated heterocycles.